The van der Waals surface area contributed by atoms with E-state index in [1.165, 1.54) is 49.9 Å². The Morgan fingerprint density at radius 1 is 0.394 bits per heavy atom. The van der Waals surface area contributed by atoms with Crippen LogP contribution in [0.4, 0.5) is 0 Å². The zero-order chi connectivity index (χ0) is 104. The molecular weight excluding hydrogens is 1790 g/mol. The van der Waals surface area contributed by atoms with Gasteiger partial charge in [0.05, 0.1) is 31.0 Å². The molecule has 0 bridgehead atoms. The molecule has 0 unspecified atom stereocenters. The standard InChI is InChI=1S/C90H155N23O24/c1-44(2)39-55(93)73(120)102-60(40-45(3)4)78(125)107-67(47(7)8)83(130)100-58(25-20-36-97-90(95)96)75(122)103-61(42-53-28-30-54(118)31-29-53)79(126)109-70(50(13)115)85(132)101-56(23-16-18-34-91)74(121)98-57(24-17-19-35-92)76(123)108-69(49(11)12)87(134)112-37-21-26-64(112)81(128)99-59(32-33-66(94)119)77(124)106-68(48(9)10)84(131)105-63(43-114)80(127)111-72(52(15)117)88(135)113-38-22-27-65(113)82(129)110-71(51(14)116)86(133)104-62(89(136)137)41-46(5)6/h28-31,44-52,55-65,67-72,114-118H,16-27,32-43,91-93H2,1-15H3,(H2,94,119)(H,98,121)(H,99,128)(H,100,130)(H,101,132)(H,102,120)(H,103,122)(H,104,133)(H,105,131)(H,106,124)(H,107,125)(H,108,123)(H,109,126)(H,110,129)(H,111,127)(H,136,137)(H4,95,96,97)/t50-,51-,52-,55+,56+,57+,58+,59+,60+,61+,62+,63+,64+,65+,67+,68+,69+,70+,71+,72+/m1/s1. The van der Waals surface area contributed by atoms with Crippen LogP contribution in [-0.2, 0) is 92.7 Å². The Labute approximate surface area is 800 Å². The minimum absolute atomic E-state index is 0.000891. The second-order valence-electron chi connectivity index (χ2n) is 37.7. The van der Waals surface area contributed by atoms with E-state index >= 15 is 0 Å². The maximum Gasteiger partial charge on any atom is 0.326 e. The molecule has 17 amide bonds. The van der Waals surface area contributed by atoms with Gasteiger partial charge in [0.25, 0.3) is 0 Å². The van der Waals surface area contributed by atoms with Crippen molar-refractivity contribution < 1.29 is 117 Å². The number of carbonyl (C=O) groups is 18. The number of phenolic OH excluding ortho intramolecular Hbond substituents is 1. The van der Waals surface area contributed by atoms with Crippen molar-refractivity contribution in [1.29, 1.82) is 5.41 Å². The second kappa shape index (κ2) is 59.6. The van der Waals surface area contributed by atoms with Gasteiger partial charge < -0.3 is 149 Å². The number of primary amides is 1. The van der Waals surface area contributed by atoms with Crippen molar-refractivity contribution in [2.75, 3.05) is 39.3 Å². The highest BCUT2D eigenvalue weighted by atomic mass is 16.4. The summed E-state index contributed by atoms with van der Waals surface area (Å²) in [5, 5.41) is 109. The number of rotatable bonds is 61. The summed E-state index contributed by atoms with van der Waals surface area (Å²) in [6.45, 7) is 22.7. The molecule has 47 heteroatoms. The molecule has 32 N–H and O–H groups in total. The number of guanidine groups is 1. The van der Waals surface area contributed by atoms with Crippen molar-refractivity contribution in [3.05, 3.63) is 29.8 Å². The third-order valence-corrected chi connectivity index (χ3v) is 23.2. The highest BCUT2D eigenvalue weighted by molar-refractivity contribution is 6.02. The van der Waals surface area contributed by atoms with E-state index in [9.17, 15) is 117 Å². The van der Waals surface area contributed by atoms with E-state index in [0.717, 1.165) is 18.7 Å². The van der Waals surface area contributed by atoms with Gasteiger partial charge in [0.2, 0.25) is 100 Å². The highest BCUT2D eigenvalue weighted by Crippen LogP contribution is 2.25. The highest BCUT2D eigenvalue weighted by Gasteiger charge is 2.46. The molecule has 0 radical (unpaired) electrons. The molecule has 3 rings (SSSR count). The number of hydrogen-bond acceptors (Lipinski definition) is 27. The van der Waals surface area contributed by atoms with Crippen molar-refractivity contribution in [1.82, 2.24) is 89.6 Å². The number of unbranched alkanes of at least 4 members (excludes halogenated alkanes) is 2. The summed E-state index contributed by atoms with van der Waals surface area (Å²) < 4.78 is 0. The molecule has 0 spiro atoms. The van der Waals surface area contributed by atoms with E-state index in [2.05, 4.69) is 79.8 Å². The number of phenols is 1. The van der Waals surface area contributed by atoms with Crippen molar-refractivity contribution in [2.24, 2.45) is 64.2 Å². The molecule has 2 fully saturated rings. The summed E-state index contributed by atoms with van der Waals surface area (Å²) in [7, 11) is 0. The van der Waals surface area contributed by atoms with Crippen LogP contribution >= 0.6 is 0 Å². The van der Waals surface area contributed by atoms with Crippen LogP contribution in [0.1, 0.15) is 219 Å². The van der Waals surface area contributed by atoms with Crippen LogP contribution in [0.3, 0.4) is 0 Å². The predicted molar refractivity (Wildman–Crippen MR) is 502 cm³/mol. The Morgan fingerprint density at radius 3 is 1.16 bits per heavy atom. The fraction of sp³-hybridized carbons (Fsp3) is 0.722. The minimum Gasteiger partial charge on any atom is -0.508 e. The Kier molecular flexibility index (Phi) is 52.0. The first-order chi connectivity index (χ1) is 64.2. The number of aliphatic hydroxyl groups excluding tert-OH is 4. The normalized spacial score (nSPS) is 17.7. The van der Waals surface area contributed by atoms with Gasteiger partial charge in [0.1, 0.15) is 102 Å². The molecule has 2 aliphatic rings. The Bertz CT molecular complexity index is 4190. The van der Waals surface area contributed by atoms with Crippen molar-refractivity contribution in [3.8, 4) is 5.75 Å². The van der Waals surface area contributed by atoms with E-state index in [-0.39, 0.29) is 140 Å². The maximum absolute atomic E-state index is 15.0. The molecule has 47 nitrogen and oxygen atoms in total. The van der Waals surface area contributed by atoms with Crippen LogP contribution in [0.5, 0.6) is 5.75 Å². The first-order valence-electron chi connectivity index (χ1n) is 47.2. The lowest BCUT2D eigenvalue weighted by atomic mass is 9.98. The first kappa shape index (κ1) is 120. The van der Waals surface area contributed by atoms with E-state index in [1.807, 2.05) is 27.7 Å². The topological polar surface area (TPSA) is 770 Å². The van der Waals surface area contributed by atoms with Gasteiger partial charge in [-0.2, -0.15) is 0 Å². The third-order valence-electron chi connectivity index (χ3n) is 23.2. The summed E-state index contributed by atoms with van der Waals surface area (Å²) >= 11 is 0. The third kappa shape index (κ3) is 40.6. The molecular formula is C90H155N23O24. The van der Waals surface area contributed by atoms with Gasteiger partial charge in [0.15, 0.2) is 5.96 Å². The van der Waals surface area contributed by atoms with Gasteiger partial charge in [0, 0.05) is 32.5 Å². The summed E-state index contributed by atoms with van der Waals surface area (Å²) in [4.78, 5) is 256. The molecule has 20 atom stereocenters. The van der Waals surface area contributed by atoms with E-state index in [1.54, 1.807) is 41.5 Å². The van der Waals surface area contributed by atoms with E-state index in [0.29, 0.717) is 24.8 Å². The number of nitrogens with one attached hydrogen (secondary N) is 16. The summed E-state index contributed by atoms with van der Waals surface area (Å²) in [6, 6.07) is -20.1. The van der Waals surface area contributed by atoms with Gasteiger partial charge in [-0.05, 0) is 190 Å². The number of carboxylic acids is 1. The molecule has 1 aromatic rings. The number of aliphatic carboxylic acids is 1. The lowest BCUT2D eigenvalue weighted by Crippen LogP contribution is -2.63. The average molecular weight is 1940 g/mol. The fourth-order valence-electron chi connectivity index (χ4n) is 15.6. The van der Waals surface area contributed by atoms with Gasteiger partial charge in [-0.3, -0.25) is 86.9 Å². The van der Waals surface area contributed by atoms with Gasteiger partial charge in [-0.25, -0.2) is 4.79 Å². The maximum atomic E-state index is 15.0. The zero-order valence-corrected chi connectivity index (χ0v) is 81.6. The van der Waals surface area contributed by atoms with Gasteiger partial charge in [-0.1, -0.05) is 95.2 Å². The lowest BCUT2D eigenvalue weighted by molar-refractivity contribution is -0.146. The average Bonchev–Trinajstić information content (AvgIpc) is 1.72. The van der Waals surface area contributed by atoms with Crippen molar-refractivity contribution in [2.45, 2.75) is 340 Å². The lowest BCUT2D eigenvalue weighted by Gasteiger charge is -2.33. The van der Waals surface area contributed by atoms with Crippen LogP contribution in [0, 0.1) is 40.9 Å². The van der Waals surface area contributed by atoms with Crippen LogP contribution < -0.4 is 108 Å². The fourth-order valence-corrected chi connectivity index (χ4v) is 15.6. The number of benzene rings is 1. The molecule has 2 heterocycles. The number of likely N-dealkylation sites (tertiary alicyclic amines) is 2. The number of carbonyl (C=O) groups excluding carboxylic acids is 17. The SMILES string of the molecule is CC(C)C[C@H](NC(=O)[C@@H](NC(=O)[C@@H]1CCCN1C(=O)[C@@H](NC(=O)[C@H](CO)NC(=O)[C@@H](NC(=O)[C@H](CCC(N)=O)NC(=O)[C@@H]1CCCN1C(=O)[C@@H](NC(=O)[C@H](CCCCN)NC(=O)[C@H](CCCCN)NC(=O)[C@@H](NC(=O)[C@H](Cc1ccc(O)cc1)NC(=O)[C@H](CCCNC(=N)N)NC(=O)[C@@H](NC(=O)[C@H](CC(C)C)NC(=O)[C@@H](N)CC(C)C)C(C)C)[C@@H](C)O)C(C)C)C(C)C)[C@@H](C)O)[C@@H](C)O)C(=O)O. The monoisotopic (exact) mass is 1940 g/mol. The van der Waals surface area contributed by atoms with E-state index < -0.39 is 271 Å². The molecule has 1 aromatic carbocycles. The van der Waals surface area contributed by atoms with Crippen LogP contribution in [-0.4, -0.2) is 313 Å². The smallest absolute Gasteiger partial charge is 0.326 e. The Morgan fingerprint density at radius 2 is 0.737 bits per heavy atom. The van der Waals surface area contributed by atoms with Crippen molar-refractivity contribution in [3.63, 3.8) is 0 Å². The Hall–Kier alpha value is -11.5. The molecule has 137 heavy (non-hydrogen) atoms. The number of nitrogens with zero attached hydrogens (tertiary/aromatic N) is 2. The summed E-state index contributed by atoms with van der Waals surface area (Å²) in [5.41, 5.74) is 29.4. The number of hydrogen-bond donors (Lipinski definition) is 27. The number of amides is 17. The second-order valence-corrected chi connectivity index (χ2v) is 37.7. The zero-order valence-electron chi connectivity index (χ0n) is 81.6. The first-order valence-corrected chi connectivity index (χ1v) is 47.2. The number of nitrogens with two attached hydrogens (primary N) is 5. The van der Waals surface area contributed by atoms with Crippen molar-refractivity contribution >= 4 is 112 Å². The number of carboxylic acid groups (broad SMARTS) is 1. The number of aliphatic hydroxyl groups is 4. The van der Waals surface area contributed by atoms with Crippen LogP contribution in [0.15, 0.2) is 24.3 Å². The molecule has 2 saturated heterocycles. The van der Waals surface area contributed by atoms with Crippen LogP contribution in [0.2, 0.25) is 0 Å². The Balaban J connectivity index is 1.93. The molecule has 0 aliphatic carbocycles. The molecule has 2 aliphatic heterocycles. The number of aromatic hydroxyl groups is 1. The summed E-state index contributed by atoms with van der Waals surface area (Å²) in [6.07, 6.45) is -4.67. The van der Waals surface area contributed by atoms with E-state index in [4.69, 9.17) is 34.1 Å². The van der Waals surface area contributed by atoms with Crippen LogP contribution in [0.25, 0.3) is 0 Å². The minimum atomic E-state index is -1.90. The van der Waals surface area contributed by atoms with Gasteiger partial charge in [-0.15, -0.1) is 0 Å². The van der Waals surface area contributed by atoms with Gasteiger partial charge >= 0.3 is 5.97 Å². The molecule has 774 valence electrons. The predicted octanol–water partition coefficient (Wildman–Crippen LogP) is -5.86. The summed E-state index contributed by atoms with van der Waals surface area (Å²) in [5.74, 6) is -20.5. The largest absolute Gasteiger partial charge is 0.508 e. The molecule has 0 aromatic heterocycles. The molecule has 0 saturated carbocycles. The quantitative estimate of drug-likeness (QED) is 0.0164.